The standard InChI is InChI=1S/C12H19N5O2/c1-8-10(12(18-4)17(3)15-8)7-13-6-5-11-14-9(2)16-19-11/h13H,5-7H2,1-4H3. The van der Waals surface area contributed by atoms with Gasteiger partial charge in [0.15, 0.2) is 5.82 Å². The van der Waals surface area contributed by atoms with Crippen molar-refractivity contribution in [2.24, 2.45) is 7.05 Å². The number of hydrogen-bond donors (Lipinski definition) is 1. The smallest absolute Gasteiger partial charge is 0.227 e. The van der Waals surface area contributed by atoms with Crippen LogP contribution in [0.1, 0.15) is 23.0 Å². The van der Waals surface area contributed by atoms with Crippen LogP contribution in [0.5, 0.6) is 5.88 Å². The van der Waals surface area contributed by atoms with Crippen molar-refractivity contribution in [2.45, 2.75) is 26.8 Å². The van der Waals surface area contributed by atoms with E-state index >= 15 is 0 Å². The molecule has 0 aliphatic carbocycles. The zero-order valence-corrected chi connectivity index (χ0v) is 11.7. The first-order chi connectivity index (χ1) is 9.11. The topological polar surface area (TPSA) is 78.0 Å². The normalized spacial score (nSPS) is 10.9. The van der Waals surface area contributed by atoms with Crippen LogP contribution in [0.2, 0.25) is 0 Å². The second kappa shape index (κ2) is 5.83. The van der Waals surface area contributed by atoms with Crippen molar-refractivity contribution in [3.05, 3.63) is 23.0 Å². The molecule has 0 saturated heterocycles. The van der Waals surface area contributed by atoms with Gasteiger partial charge in [-0.1, -0.05) is 5.16 Å². The second-order valence-corrected chi connectivity index (χ2v) is 4.36. The van der Waals surface area contributed by atoms with Crippen LogP contribution in [0.25, 0.3) is 0 Å². The number of rotatable bonds is 6. The van der Waals surface area contributed by atoms with E-state index < -0.39 is 0 Å². The largest absolute Gasteiger partial charge is 0.481 e. The Balaban J connectivity index is 1.86. The molecule has 0 aliphatic heterocycles. The lowest BCUT2D eigenvalue weighted by Crippen LogP contribution is -2.17. The molecule has 1 N–H and O–H groups in total. The molecule has 104 valence electrons. The Morgan fingerprint density at radius 2 is 2.16 bits per heavy atom. The Kier molecular flexibility index (Phi) is 4.16. The number of nitrogens with one attached hydrogen (secondary N) is 1. The van der Waals surface area contributed by atoms with Crippen LogP contribution in [-0.2, 0) is 20.0 Å². The molecule has 0 bridgehead atoms. The minimum Gasteiger partial charge on any atom is -0.481 e. The van der Waals surface area contributed by atoms with Gasteiger partial charge in [0.2, 0.25) is 11.8 Å². The maximum Gasteiger partial charge on any atom is 0.227 e. The SMILES string of the molecule is COc1c(CNCCc2nc(C)no2)c(C)nn1C. The van der Waals surface area contributed by atoms with E-state index in [1.165, 1.54) is 0 Å². The van der Waals surface area contributed by atoms with Crippen molar-refractivity contribution in [2.75, 3.05) is 13.7 Å². The highest BCUT2D eigenvalue weighted by Crippen LogP contribution is 2.20. The number of methoxy groups -OCH3 is 1. The third kappa shape index (κ3) is 3.11. The summed E-state index contributed by atoms with van der Waals surface area (Å²) < 4.78 is 12.1. The Bertz CT molecular complexity index is 546. The van der Waals surface area contributed by atoms with Gasteiger partial charge in [0.1, 0.15) is 0 Å². The molecule has 0 aromatic carbocycles. The molecule has 0 spiro atoms. The highest BCUT2D eigenvalue weighted by Gasteiger charge is 2.13. The van der Waals surface area contributed by atoms with E-state index in [-0.39, 0.29) is 0 Å². The maximum absolute atomic E-state index is 5.34. The molecule has 0 fully saturated rings. The molecule has 0 unspecified atom stereocenters. The average molecular weight is 265 g/mol. The number of aryl methyl sites for hydroxylation is 3. The van der Waals surface area contributed by atoms with E-state index in [2.05, 4.69) is 20.6 Å². The van der Waals surface area contributed by atoms with E-state index in [9.17, 15) is 0 Å². The van der Waals surface area contributed by atoms with Crippen LogP contribution in [0.3, 0.4) is 0 Å². The molecule has 0 radical (unpaired) electrons. The van der Waals surface area contributed by atoms with Crippen molar-refractivity contribution >= 4 is 0 Å². The molecule has 2 aromatic heterocycles. The lowest BCUT2D eigenvalue weighted by molar-refractivity contribution is 0.365. The van der Waals surface area contributed by atoms with Crippen molar-refractivity contribution in [1.82, 2.24) is 25.2 Å². The Morgan fingerprint density at radius 1 is 1.37 bits per heavy atom. The van der Waals surface area contributed by atoms with Gasteiger partial charge in [0.05, 0.1) is 18.4 Å². The monoisotopic (exact) mass is 265 g/mol. The molecule has 0 aliphatic rings. The molecule has 2 heterocycles. The average Bonchev–Trinajstić information content (AvgIpc) is 2.89. The first kappa shape index (κ1) is 13.5. The van der Waals surface area contributed by atoms with Gasteiger partial charge in [-0.3, -0.25) is 0 Å². The van der Waals surface area contributed by atoms with Gasteiger partial charge in [-0.15, -0.1) is 0 Å². The molecule has 7 heteroatoms. The molecule has 7 nitrogen and oxygen atoms in total. The van der Waals surface area contributed by atoms with Gasteiger partial charge in [-0.05, 0) is 13.8 Å². The summed E-state index contributed by atoms with van der Waals surface area (Å²) in [6, 6.07) is 0. The van der Waals surface area contributed by atoms with Gasteiger partial charge >= 0.3 is 0 Å². The van der Waals surface area contributed by atoms with Crippen molar-refractivity contribution < 1.29 is 9.26 Å². The molecule has 0 atom stereocenters. The Labute approximate surface area is 111 Å². The van der Waals surface area contributed by atoms with Crippen molar-refractivity contribution in [3.63, 3.8) is 0 Å². The third-order valence-electron chi connectivity index (χ3n) is 2.87. The molecular formula is C12H19N5O2. The molecular weight excluding hydrogens is 246 g/mol. The Hall–Kier alpha value is -1.89. The van der Waals surface area contributed by atoms with E-state index in [0.29, 0.717) is 24.7 Å². The fourth-order valence-electron chi connectivity index (χ4n) is 1.99. The fraction of sp³-hybridized carbons (Fsp3) is 0.583. The Morgan fingerprint density at radius 3 is 2.79 bits per heavy atom. The summed E-state index contributed by atoms with van der Waals surface area (Å²) in [5, 5.41) is 11.4. The summed E-state index contributed by atoms with van der Waals surface area (Å²) in [6.07, 6.45) is 0.711. The molecule has 19 heavy (non-hydrogen) atoms. The first-order valence-corrected chi connectivity index (χ1v) is 6.18. The van der Waals surface area contributed by atoms with E-state index in [1.807, 2.05) is 20.9 Å². The molecule has 0 saturated carbocycles. The van der Waals surface area contributed by atoms with Crippen molar-refractivity contribution in [1.29, 1.82) is 0 Å². The van der Waals surface area contributed by atoms with Crippen LogP contribution < -0.4 is 10.1 Å². The number of nitrogens with zero attached hydrogens (tertiary/aromatic N) is 4. The highest BCUT2D eigenvalue weighted by atomic mass is 16.5. The lowest BCUT2D eigenvalue weighted by atomic mass is 10.2. The predicted molar refractivity (Wildman–Crippen MR) is 68.9 cm³/mol. The fourth-order valence-corrected chi connectivity index (χ4v) is 1.99. The van der Waals surface area contributed by atoms with Crippen LogP contribution in [-0.4, -0.2) is 33.6 Å². The summed E-state index contributed by atoms with van der Waals surface area (Å²) in [7, 11) is 3.53. The minimum absolute atomic E-state index is 0.653. The quantitative estimate of drug-likeness (QED) is 0.777. The van der Waals surface area contributed by atoms with Crippen LogP contribution in [0.4, 0.5) is 0 Å². The number of ether oxygens (including phenoxy) is 1. The third-order valence-corrected chi connectivity index (χ3v) is 2.87. The van der Waals surface area contributed by atoms with E-state index in [4.69, 9.17) is 9.26 Å². The van der Waals surface area contributed by atoms with Crippen LogP contribution in [0.15, 0.2) is 4.52 Å². The molecule has 2 rings (SSSR count). The van der Waals surface area contributed by atoms with Gasteiger partial charge in [0.25, 0.3) is 0 Å². The maximum atomic E-state index is 5.34. The predicted octanol–water partition coefficient (Wildman–Crippen LogP) is 0.761. The molecule has 2 aromatic rings. The zero-order valence-electron chi connectivity index (χ0n) is 11.7. The summed E-state index contributed by atoms with van der Waals surface area (Å²) in [4.78, 5) is 4.15. The second-order valence-electron chi connectivity index (χ2n) is 4.36. The van der Waals surface area contributed by atoms with Gasteiger partial charge < -0.3 is 14.6 Å². The van der Waals surface area contributed by atoms with Crippen molar-refractivity contribution in [3.8, 4) is 5.88 Å². The first-order valence-electron chi connectivity index (χ1n) is 6.18. The summed E-state index contributed by atoms with van der Waals surface area (Å²) in [5.41, 5.74) is 2.05. The highest BCUT2D eigenvalue weighted by molar-refractivity contribution is 5.30. The summed E-state index contributed by atoms with van der Waals surface area (Å²) in [5.74, 6) is 2.11. The number of aromatic nitrogens is 4. The number of hydrogen-bond acceptors (Lipinski definition) is 6. The van der Waals surface area contributed by atoms with Crippen LogP contribution >= 0.6 is 0 Å². The molecule has 0 amide bonds. The zero-order chi connectivity index (χ0) is 13.8. The van der Waals surface area contributed by atoms with Crippen LogP contribution in [0, 0.1) is 13.8 Å². The van der Waals surface area contributed by atoms with Gasteiger partial charge in [-0.2, -0.15) is 10.1 Å². The van der Waals surface area contributed by atoms with E-state index in [1.54, 1.807) is 11.8 Å². The summed E-state index contributed by atoms with van der Waals surface area (Å²) in [6.45, 7) is 5.25. The van der Waals surface area contributed by atoms with Gasteiger partial charge in [0, 0.05) is 26.6 Å². The van der Waals surface area contributed by atoms with E-state index in [0.717, 1.165) is 23.7 Å². The lowest BCUT2D eigenvalue weighted by Gasteiger charge is -2.05. The minimum atomic E-state index is 0.653. The summed E-state index contributed by atoms with van der Waals surface area (Å²) >= 11 is 0. The van der Waals surface area contributed by atoms with Gasteiger partial charge in [-0.25, -0.2) is 4.68 Å².